The summed E-state index contributed by atoms with van der Waals surface area (Å²) in [5.74, 6) is 2.12. The van der Waals surface area contributed by atoms with Crippen molar-refractivity contribution in [3.05, 3.63) is 47.5 Å². The van der Waals surface area contributed by atoms with Crippen molar-refractivity contribution in [3.63, 3.8) is 0 Å². The van der Waals surface area contributed by atoms with Gasteiger partial charge in [-0.3, -0.25) is 4.79 Å². The van der Waals surface area contributed by atoms with Gasteiger partial charge in [0, 0.05) is 5.56 Å². The molecule has 0 spiro atoms. The lowest BCUT2D eigenvalue weighted by molar-refractivity contribution is 0.112. The van der Waals surface area contributed by atoms with E-state index in [1.807, 2.05) is 19.1 Å². The molecule has 2 aromatic rings. The maximum absolute atomic E-state index is 11.2. The third-order valence-corrected chi connectivity index (χ3v) is 4.44. The van der Waals surface area contributed by atoms with E-state index < -0.39 is 0 Å². The Hall–Kier alpha value is -2.49. The van der Waals surface area contributed by atoms with Gasteiger partial charge in [-0.2, -0.15) is 0 Å². The van der Waals surface area contributed by atoms with Gasteiger partial charge in [-0.1, -0.05) is 32.9 Å². The molecule has 4 heteroatoms. The standard InChI is InChI=1S/C21H26O4/c1-6-21(3,4)16-8-10-17(11-9-16)25-19-13-15(14-22)12-18(23-5)20(19)24-7-2/h8-14H,6-7H2,1-5H3. The molecule has 2 rings (SSSR count). The van der Waals surface area contributed by atoms with Crippen LogP contribution in [0.4, 0.5) is 0 Å². The third kappa shape index (κ3) is 4.32. The van der Waals surface area contributed by atoms with Gasteiger partial charge < -0.3 is 14.2 Å². The highest BCUT2D eigenvalue weighted by Crippen LogP contribution is 2.41. The summed E-state index contributed by atoms with van der Waals surface area (Å²) in [5.41, 5.74) is 1.85. The van der Waals surface area contributed by atoms with Crippen LogP contribution >= 0.6 is 0 Å². The number of hydrogen-bond donors (Lipinski definition) is 0. The zero-order valence-corrected chi connectivity index (χ0v) is 15.6. The van der Waals surface area contributed by atoms with Gasteiger partial charge in [-0.15, -0.1) is 0 Å². The zero-order valence-electron chi connectivity index (χ0n) is 15.6. The van der Waals surface area contributed by atoms with E-state index >= 15 is 0 Å². The lowest BCUT2D eigenvalue weighted by Crippen LogP contribution is -2.14. The van der Waals surface area contributed by atoms with Crippen molar-refractivity contribution in [3.8, 4) is 23.0 Å². The molecular weight excluding hydrogens is 316 g/mol. The molecule has 0 bridgehead atoms. The fourth-order valence-electron chi connectivity index (χ4n) is 2.48. The van der Waals surface area contributed by atoms with E-state index in [9.17, 15) is 4.79 Å². The summed E-state index contributed by atoms with van der Waals surface area (Å²) in [4.78, 5) is 11.2. The quantitative estimate of drug-likeness (QED) is 0.604. The van der Waals surface area contributed by atoms with E-state index in [2.05, 4.69) is 32.9 Å². The smallest absolute Gasteiger partial charge is 0.204 e. The number of ether oxygens (including phenoxy) is 3. The number of carbonyl (C=O) groups is 1. The van der Waals surface area contributed by atoms with Gasteiger partial charge in [0.1, 0.15) is 12.0 Å². The van der Waals surface area contributed by atoms with Crippen LogP contribution in [0, 0.1) is 0 Å². The second kappa shape index (κ2) is 8.06. The molecule has 2 aromatic carbocycles. The molecule has 0 aliphatic rings. The predicted molar refractivity (Wildman–Crippen MR) is 99.4 cm³/mol. The molecule has 0 aliphatic heterocycles. The lowest BCUT2D eigenvalue weighted by atomic mass is 9.82. The van der Waals surface area contributed by atoms with Crippen LogP contribution in [0.15, 0.2) is 36.4 Å². The summed E-state index contributed by atoms with van der Waals surface area (Å²) in [6.07, 6.45) is 1.82. The molecule has 0 amide bonds. The first-order valence-corrected chi connectivity index (χ1v) is 8.53. The van der Waals surface area contributed by atoms with E-state index in [1.54, 1.807) is 12.1 Å². The van der Waals surface area contributed by atoms with Gasteiger partial charge in [0.25, 0.3) is 0 Å². The molecule has 0 unspecified atom stereocenters. The normalized spacial score (nSPS) is 11.1. The Balaban J connectivity index is 2.37. The molecule has 0 heterocycles. The maximum atomic E-state index is 11.2. The Morgan fingerprint density at radius 2 is 1.68 bits per heavy atom. The topological polar surface area (TPSA) is 44.8 Å². The number of rotatable bonds is 8. The molecule has 0 saturated carbocycles. The molecule has 0 fully saturated rings. The number of hydrogen-bond acceptors (Lipinski definition) is 4. The second-order valence-corrected chi connectivity index (χ2v) is 6.47. The van der Waals surface area contributed by atoms with Gasteiger partial charge in [0.2, 0.25) is 5.75 Å². The van der Waals surface area contributed by atoms with E-state index in [-0.39, 0.29) is 5.41 Å². The van der Waals surface area contributed by atoms with Gasteiger partial charge in [0.15, 0.2) is 11.5 Å². The highest BCUT2D eigenvalue weighted by molar-refractivity contribution is 5.78. The third-order valence-electron chi connectivity index (χ3n) is 4.44. The van der Waals surface area contributed by atoms with Crippen molar-refractivity contribution in [2.24, 2.45) is 0 Å². The molecular formula is C21H26O4. The summed E-state index contributed by atoms with van der Waals surface area (Å²) in [6, 6.07) is 11.3. The van der Waals surface area contributed by atoms with Crippen molar-refractivity contribution in [2.75, 3.05) is 13.7 Å². The number of benzene rings is 2. The fourth-order valence-corrected chi connectivity index (χ4v) is 2.48. The van der Waals surface area contributed by atoms with Crippen molar-refractivity contribution in [1.29, 1.82) is 0 Å². The van der Waals surface area contributed by atoms with E-state index in [0.29, 0.717) is 35.2 Å². The van der Waals surface area contributed by atoms with Gasteiger partial charge in [-0.05, 0) is 48.6 Å². The lowest BCUT2D eigenvalue weighted by Gasteiger charge is -2.23. The molecule has 25 heavy (non-hydrogen) atoms. The van der Waals surface area contributed by atoms with Crippen molar-refractivity contribution >= 4 is 6.29 Å². The zero-order chi connectivity index (χ0) is 18.4. The fraction of sp³-hybridized carbons (Fsp3) is 0.381. The average Bonchev–Trinajstić information content (AvgIpc) is 2.63. The van der Waals surface area contributed by atoms with Crippen molar-refractivity contribution in [1.82, 2.24) is 0 Å². The van der Waals surface area contributed by atoms with Crippen molar-refractivity contribution < 1.29 is 19.0 Å². The first-order chi connectivity index (χ1) is 11.9. The monoisotopic (exact) mass is 342 g/mol. The number of carbonyl (C=O) groups excluding carboxylic acids is 1. The molecule has 0 atom stereocenters. The van der Waals surface area contributed by atoms with Crippen LogP contribution < -0.4 is 14.2 Å². The summed E-state index contributed by atoms with van der Waals surface area (Å²) in [6.45, 7) is 8.97. The van der Waals surface area contributed by atoms with Crippen LogP contribution in [-0.4, -0.2) is 20.0 Å². The minimum Gasteiger partial charge on any atom is -0.493 e. The van der Waals surface area contributed by atoms with Crippen LogP contribution in [-0.2, 0) is 5.41 Å². The number of methoxy groups -OCH3 is 1. The largest absolute Gasteiger partial charge is 0.493 e. The van der Waals surface area contributed by atoms with Crippen LogP contribution in [0.25, 0.3) is 0 Å². The molecule has 0 aliphatic carbocycles. The molecule has 134 valence electrons. The summed E-state index contributed by atoms with van der Waals surface area (Å²) < 4.78 is 17.0. The van der Waals surface area contributed by atoms with E-state index in [1.165, 1.54) is 12.7 Å². The SMILES string of the molecule is CCOc1c(OC)cc(C=O)cc1Oc1ccc(C(C)(C)CC)cc1. The van der Waals surface area contributed by atoms with Crippen molar-refractivity contribution in [2.45, 2.75) is 39.5 Å². The summed E-state index contributed by atoms with van der Waals surface area (Å²) in [7, 11) is 1.54. The predicted octanol–water partition coefficient (Wildman–Crippen LogP) is 5.39. The first-order valence-electron chi connectivity index (χ1n) is 8.53. The Labute approximate surface area is 149 Å². The highest BCUT2D eigenvalue weighted by Gasteiger charge is 2.19. The maximum Gasteiger partial charge on any atom is 0.204 e. The Bertz CT molecular complexity index is 717. The van der Waals surface area contributed by atoms with Gasteiger partial charge in [0.05, 0.1) is 13.7 Å². The van der Waals surface area contributed by atoms with Crippen LogP contribution in [0.1, 0.15) is 50.0 Å². The van der Waals surface area contributed by atoms with E-state index in [0.717, 1.165) is 12.7 Å². The van der Waals surface area contributed by atoms with Gasteiger partial charge in [-0.25, -0.2) is 0 Å². The Morgan fingerprint density at radius 1 is 1.04 bits per heavy atom. The van der Waals surface area contributed by atoms with Crippen LogP contribution in [0.2, 0.25) is 0 Å². The Kier molecular flexibility index (Phi) is 6.07. The highest BCUT2D eigenvalue weighted by atomic mass is 16.5. The average molecular weight is 342 g/mol. The molecule has 0 N–H and O–H groups in total. The first kappa shape index (κ1) is 18.8. The summed E-state index contributed by atoms with van der Waals surface area (Å²) in [5, 5.41) is 0. The molecule has 0 aromatic heterocycles. The number of aldehydes is 1. The Morgan fingerprint density at radius 3 is 2.20 bits per heavy atom. The van der Waals surface area contributed by atoms with Crippen LogP contribution in [0.5, 0.6) is 23.0 Å². The molecule has 4 nitrogen and oxygen atoms in total. The molecule has 0 radical (unpaired) electrons. The minimum absolute atomic E-state index is 0.121. The summed E-state index contributed by atoms with van der Waals surface area (Å²) >= 11 is 0. The van der Waals surface area contributed by atoms with Crippen LogP contribution in [0.3, 0.4) is 0 Å². The molecule has 0 saturated heterocycles. The van der Waals surface area contributed by atoms with E-state index in [4.69, 9.17) is 14.2 Å². The minimum atomic E-state index is 0.121. The second-order valence-electron chi connectivity index (χ2n) is 6.47. The van der Waals surface area contributed by atoms with Gasteiger partial charge >= 0.3 is 0 Å².